The van der Waals surface area contributed by atoms with E-state index in [0.29, 0.717) is 12.7 Å². The molecule has 0 atom stereocenters. The number of carbonyl (C=O) groups is 1. The van der Waals surface area contributed by atoms with Crippen LogP contribution in [0.2, 0.25) is 0 Å². The second kappa shape index (κ2) is 6.64. The highest BCUT2D eigenvalue weighted by Crippen LogP contribution is 2.17. The zero-order chi connectivity index (χ0) is 15.2. The summed E-state index contributed by atoms with van der Waals surface area (Å²) < 4.78 is 35.9. The number of benzene rings is 1. The Kier molecular flexibility index (Phi) is 4.64. The number of halogens is 2. The fourth-order valence-corrected chi connectivity index (χ4v) is 1.40. The van der Waals surface area contributed by atoms with Crippen LogP contribution in [0.3, 0.4) is 0 Å². The second-order valence-corrected chi connectivity index (χ2v) is 3.81. The van der Waals surface area contributed by atoms with E-state index in [1.165, 1.54) is 0 Å². The number of ether oxygens (including phenoxy) is 2. The van der Waals surface area contributed by atoms with Crippen LogP contribution in [0, 0.1) is 11.6 Å². The lowest BCUT2D eigenvalue weighted by Crippen LogP contribution is -2.21. The first-order chi connectivity index (χ1) is 10.1. The molecule has 0 saturated carbocycles. The molecule has 1 aromatic carbocycles. The van der Waals surface area contributed by atoms with Crippen molar-refractivity contribution in [3.8, 4) is 11.8 Å². The molecular weight excluding hydrogens is 286 g/mol. The minimum atomic E-state index is -0.888. The number of nitrogens with zero attached hydrogens (tertiary/aromatic N) is 2. The zero-order valence-electron chi connectivity index (χ0n) is 11.0. The molecule has 0 spiro atoms. The number of nitrogens with one attached hydrogen (secondary N) is 2. The van der Waals surface area contributed by atoms with Gasteiger partial charge in [-0.1, -0.05) is 0 Å². The molecule has 21 heavy (non-hydrogen) atoms. The van der Waals surface area contributed by atoms with Gasteiger partial charge in [-0.3, -0.25) is 10.1 Å². The SMILES string of the molecule is CCOc1n[nH]c(NC(=O)COc2ccc(F)cc2F)n1. The van der Waals surface area contributed by atoms with Gasteiger partial charge in [0.05, 0.1) is 6.61 Å². The fraction of sp³-hybridized carbons (Fsp3) is 0.250. The van der Waals surface area contributed by atoms with Crippen LogP contribution < -0.4 is 14.8 Å². The minimum Gasteiger partial charge on any atom is -0.481 e. The first kappa shape index (κ1) is 14.7. The Labute approximate surface area is 118 Å². The maximum absolute atomic E-state index is 13.3. The van der Waals surface area contributed by atoms with Crippen LogP contribution in [0.1, 0.15) is 6.92 Å². The second-order valence-electron chi connectivity index (χ2n) is 3.81. The van der Waals surface area contributed by atoms with Crippen LogP contribution in [0.15, 0.2) is 18.2 Å². The number of carbonyl (C=O) groups excluding carboxylic acids is 1. The number of amides is 1. The predicted octanol–water partition coefficient (Wildman–Crippen LogP) is 1.50. The van der Waals surface area contributed by atoms with Crippen LogP contribution in [0.5, 0.6) is 11.8 Å². The molecular formula is C12H12F2N4O3. The molecule has 0 aliphatic rings. The van der Waals surface area contributed by atoms with Crippen molar-refractivity contribution < 1.29 is 23.0 Å². The third-order valence-corrected chi connectivity index (χ3v) is 2.25. The summed E-state index contributed by atoms with van der Waals surface area (Å²) in [5, 5.41) is 8.48. The first-order valence-electron chi connectivity index (χ1n) is 6.01. The van der Waals surface area contributed by atoms with E-state index >= 15 is 0 Å². The average molecular weight is 298 g/mol. The molecule has 0 saturated heterocycles. The summed E-state index contributed by atoms with van der Waals surface area (Å²) in [6.07, 6.45) is 0. The van der Waals surface area contributed by atoms with E-state index in [4.69, 9.17) is 9.47 Å². The quantitative estimate of drug-likeness (QED) is 0.843. The average Bonchev–Trinajstić information content (AvgIpc) is 2.85. The molecule has 0 aliphatic heterocycles. The highest BCUT2D eigenvalue weighted by Gasteiger charge is 2.10. The van der Waals surface area contributed by atoms with E-state index in [0.717, 1.165) is 12.1 Å². The van der Waals surface area contributed by atoms with Gasteiger partial charge in [-0.15, -0.1) is 5.10 Å². The molecule has 0 aliphatic carbocycles. The Bertz CT molecular complexity index is 633. The number of anilines is 1. The lowest BCUT2D eigenvalue weighted by atomic mass is 10.3. The Morgan fingerprint density at radius 2 is 2.19 bits per heavy atom. The third kappa shape index (κ3) is 4.13. The Morgan fingerprint density at radius 3 is 2.90 bits per heavy atom. The van der Waals surface area contributed by atoms with Gasteiger partial charge in [0.2, 0.25) is 5.95 Å². The molecule has 2 rings (SSSR count). The van der Waals surface area contributed by atoms with E-state index in [1.807, 2.05) is 0 Å². The largest absolute Gasteiger partial charge is 0.481 e. The van der Waals surface area contributed by atoms with E-state index in [9.17, 15) is 13.6 Å². The van der Waals surface area contributed by atoms with Crippen LogP contribution in [-0.2, 0) is 4.79 Å². The smallest absolute Gasteiger partial charge is 0.337 e. The minimum absolute atomic E-state index is 0.0756. The van der Waals surface area contributed by atoms with E-state index in [1.54, 1.807) is 6.92 Å². The zero-order valence-corrected chi connectivity index (χ0v) is 11.0. The predicted molar refractivity (Wildman–Crippen MR) is 68.0 cm³/mol. The molecule has 1 heterocycles. The van der Waals surface area contributed by atoms with Crippen LogP contribution in [0.4, 0.5) is 14.7 Å². The van der Waals surface area contributed by atoms with Gasteiger partial charge in [0.25, 0.3) is 5.91 Å². The summed E-state index contributed by atoms with van der Waals surface area (Å²) in [5.41, 5.74) is 0. The van der Waals surface area contributed by atoms with Crippen LogP contribution >= 0.6 is 0 Å². The molecule has 9 heteroatoms. The van der Waals surface area contributed by atoms with Crippen molar-refractivity contribution in [3.05, 3.63) is 29.8 Å². The number of hydrogen-bond donors (Lipinski definition) is 2. The third-order valence-electron chi connectivity index (χ3n) is 2.25. The number of aromatic nitrogens is 3. The molecule has 0 fully saturated rings. The van der Waals surface area contributed by atoms with Gasteiger partial charge in [0.1, 0.15) is 5.82 Å². The Morgan fingerprint density at radius 1 is 1.38 bits per heavy atom. The molecule has 112 valence electrons. The van der Waals surface area contributed by atoms with Crippen molar-refractivity contribution in [1.29, 1.82) is 0 Å². The fourth-order valence-electron chi connectivity index (χ4n) is 1.40. The maximum Gasteiger partial charge on any atom is 0.337 e. The number of aromatic amines is 1. The summed E-state index contributed by atoms with van der Waals surface area (Å²) in [4.78, 5) is 15.4. The Balaban J connectivity index is 1.86. The molecule has 1 amide bonds. The van der Waals surface area contributed by atoms with Gasteiger partial charge in [0.15, 0.2) is 18.2 Å². The van der Waals surface area contributed by atoms with Gasteiger partial charge >= 0.3 is 6.01 Å². The van der Waals surface area contributed by atoms with Crippen molar-refractivity contribution in [2.75, 3.05) is 18.5 Å². The van der Waals surface area contributed by atoms with Gasteiger partial charge in [0, 0.05) is 6.07 Å². The molecule has 1 aromatic heterocycles. The van der Waals surface area contributed by atoms with Crippen molar-refractivity contribution in [3.63, 3.8) is 0 Å². The Hall–Kier alpha value is -2.71. The standard InChI is InChI=1S/C12H12F2N4O3/c1-2-20-12-16-11(17-18-12)15-10(19)6-21-9-4-3-7(13)5-8(9)14/h3-5H,2,6H2,1H3,(H2,15,16,17,18,19). The van der Waals surface area contributed by atoms with Crippen molar-refractivity contribution >= 4 is 11.9 Å². The summed E-state index contributed by atoms with van der Waals surface area (Å²) in [6.45, 7) is 1.69. The van der Waals surface area contributed by atoms with Crippen molar-refractivity contribution in [2.45, 2.75) is 6.92 Å². The van der Waals surface area contributed by atoms with Crippen molar-refractivity contribution in [1.82, 2.24) is 15.2 Å². The molecule has 2 aromatic rings. The van der Waals surface area contributed by atoms with Gasteiger partial charge < -0.3 is 9.47 Å². The molecule has 0 unspecified atom stereocenters. The molecule has 0 bridgehead atoms. The monoisotopic (exact) mass is 298 g/mol. The number of hydrogen-bond acceptors (Lipinski definition) is 5. The maximum atomic E-state index is 13.3. The summed E-state index contributed by atoms with van der Waals surface area (Å²) >= 11 is 0. The molecule has 2 N–H and O–H groups in total. The van der Waals surface area contributed by atoms with Gasteiger partial charge in [-0.2, -0.15) is 4.98 Å². The van der Waals surface area contributed by atoms with Crippen molar-refractivity contribution in [2.24, 2.45) is 0 Å². The normalized spacial score (nSPS) is 10.2. The lowest BCUT2D eigenvalue weighted by molar-refractivity contribution is -0.118. The lowest BCUT2D eigenvalue weighted by Gasteiger charge is -2.06. The van der Waals surface area contributed by atoms with Gasteiger partial charge in [-0.05, 0) is 19.1 Å². The van der Waals surface area contributed by atoms with Gasteiger partial charge in [-0.25, -0.2) is 13.9 Å². The number of rotatable bonds is 6. The van der Waals surface area contributed by atoms with Crippen LogP contribution in [0.25, 0.3) is 0 Å². The van der Waals surface area contributed by atoms with E-state index in [-0.39, 0.29) is 17.7 Å². The molecule has 0 radical (unpaired) electrons. The molecule has 7 nitrogen and oxygen atoms in total. The number of H-pyrrole nitrogens is 1. The van der Waals surface area contributed by atoms with Crippen LogP contribution in [-0.4, -0.2) is 34.3 Å². The first-order valence-corrected chi connectivity index (χ1v) is 6.01. The highest BCUT2D eigenvalue weighted by molar-refractivity contribution is 5.90. The van der Waals surface area contributed by atoms with E-state index in [2.05, 4.69) is 20.5 Å². The van der Waals surface area contributed by atoms with E-state index < -0.39 is 24.1 Å². The summed E-state index contributed by atoms with van der Waals surface area (Å²) in [7, 11) is 0. The summed E-state index contributed by atoms with van der Waals surface area (Å²) in [6, 6.07) is 2.89. The highest BCUT2D eigenvalue weighted by atomic mass is 19.1. The summed E-state index contributed by atoms with van der Waals surface area (Å²) in [5.74, 6) is -2.35. The topological polar surface area (TPSA) is 89.1 Å².